The highest BCUT2D eigenvalue weighted by Crippen LogP contribution is 2.15. The fraction of sp³-hybridized carbons (Fsp3) is 0.381. The van der Waals surface area contributed by atoms with Gasteiger partial charge in [0.2, 0.25) is 10.0 Å². The minimum Gasteiger partial charge on any atom is -0.328 e. The molecule has 1 heterocycles. The molecule has 1 fully saturated rings. The highest BCUT2D eigenvalue weighted by molar-refractivity contribution is 7.89. The number of hydrogen-bond acceptors (Lipinski definition) is 3. The third-order valence-electron chi connectivity index (χ3n) is 5.17. The second kappa shape index (κ2) is 8.43. The SMILES string of the molecule is Cc1cccc(C[NH+]2CCN(C(=O)c3ccc(S(=O)(=O)N(C)C)cc3)CC2)c1. The minimum atomic E-state index is -3.48. The lowest BCUT2D eigenvalue weighted by Gasteiger charge is -2.32. The first-order chi connectivity index (χ1) is 13.3. The largest absolute Gasteiger partial charge is 0.328 e. The second-order valence-electron chi connectivity index (χ2n) is 7.52. The summed E-state index contributed by atoms with van der Waals surface area (Å²) in [6.07, 6.45) is 0. The first kappa shape index (κ1) is 20.5. The molecule has 1 aliphatic rings. The standard InChI is InChI=1S/C21H27N3O3S/c1-17-5-4-6-18(15-17)16-23-11-13-24(14-12-23)21(25)19-7-9-20(10-8-19)28(26,27)22(2)3/h4-10,15H,11-14,16H2,1-3H3/p+1. The number of benzene rings is 2. The third-order valence-corrected chi connectivity index (χ3v) is 7.00. The Morgan fingerprint density at radius 2 is 1.71 bits per heavy atom. The normalized spacial score (nSPS) is 15.8. The third kappa shape index (κ3) is 4.60. The van der Waals surface area contributed by atoms with E-state index in [2.05, 4.69) is 31.2 Å². The van der Waals surface area contributed by atoms with E-state index in [9.17, 15) is 13.2 Å². The topological polar surface area (TPSA) is 62.1 Å². The fourth-order valence-corrected chi connectivity index (χ4v) is 4.38. The van der Waals surface area contributed by atoms with Gasteiger partial charge in [0.25, 0.3) is 5.91 Å². The molecule has 0 bridgehead atoms. The Kier molecular flexibility index (Phi) is 6.17. The van der Waals surface area contributed by atoms with Crippen LogP contribution in [0.15, 0.2) is 53.4 Å². The molecule has 0 saturated carbocycles. The van der Waals surface area contributed by atoms with E-state index < -0.39 is 10.0 Å². The van der Waals surface area contributed by atoms with Crippen molar-refractivity contribution >= 4 is 15.9 Å². The van der Waals surface area contributed by atoms with Gasteiger partial charge in [-0.1, -0.05) is 29.8 Å². The van der Waals surface area contributed by atoms with Crippen LogP contribution in [-0.4, -0.2) is 63.8 Å². The molecule has 3 rings (SSSR count). The lowest BCUT2D eigenvalue weighted by atomic mass is 10.1. The van der Waals surface area contributed by atoms with Crippen LogP contribution in [0.25, 0.3) is 0 Å². The van der Waals surface area contributed by atoms with E-state index in [1.54, 1.807) is 12.1 Å². The number of amides is 1. The summed E-state index contributed by atoms with van der Waals surface area (Å²) in [5.74, 6) is -0.0385. The van der Waals surface area contributed by atoms with Gasteiger partial charge in [0, 0.05) is 25.2 Å². The quantitative estimate of drug-likeness (QED) is 0.804. The molecule has 6 nitrogen and oxygen atoms in total. The van der Waals surface area contributed by atoms with Crippen LogP contribution in [-0.2, 0) is 16.6 Å². The van der Waals surface area contributed by atoms with Gasteiger partial charge in [-0.3, -0.25) is 4.79 Å². The maximum absolute atomic E-state index is 12.8. The summed E-state index contributed by atoms with van der Waals surface area (Å²) in [5.41, 5.74) is 3.12. The molecule has 7 heteroatoms. The Balaban J connectivity index is 1.59. The Labute approximate surface area is 167 Å². The van der Waals surface area contributed by atoms with Crippen LogP contribution in [0.2, 0.25) is 0 Å². The molecule has 0 unspecified atom stereocenters. The summed E-state index contributed by atoms with van der Waals surface area (Å²) in [5, 5.41) is 0. The van der Waals surface area contributed by atoms with Crippen molar-refractivity contribution in [2.24, 2.45) is 0 Å². The maximum Gasteiger partial charge on any atom is 0.254 e. The van der Waals surface area contributed by atoms with Gasteiger partial charge >= 0.3 is 0 Å². The van der Waals surface area contributed by atoms with Crippen molar-refractivity contribution in [3.05, 3.63) is 65.2 Å². The number of carbonyl (C=O) groups is 1. The molecular weight excluding hydrogens is 374 g/mol. The molecule has 0 aromatic heterocycles. The molecule has 0 aliphatic carbocycles. The number of aryl methyl sites for hydroxylation is 1. The van der Waals surface area contributed by atoms with E-state index in [1.165, 1.54) is 46.6 Å². The summed E-state index contributed by atoms with van der Waals surface area (Å²) in [7, 11) is -0.493. The number of hydrogen-bond donors (Lipinski definition) is 1. The summed E-state index contributed by atoms with van der Waals surface area (Å²) >= 11 is 0. The summed E-state index contributed by atoms with van der Waals surface area (Å²) in [6, 6.07) is 14.8. The van der Waals surface area contributed by atoms with E-state index in [0.717, 1.165) is 19.6 Å². The number of rotatable bonds is 5. The second-order valence-corrected chi connectivity index (χ2v) is 9.67. The molecule has 1 aliphatic heterocycles. The highest BCUT2D eigenvalue weighted by atomic mass is 32.2. The maximum atomic E-state index is 12.8. The zero-order valence-corrected chi connectivity index (χ0v) is 17.5. The van der Waals surface area contributed by atoms with Crippen LogP contribution in [0, 0.1) is 6.92 Å². The minimum absolute atomic E-state index is 0.0385. The van der Waals surface area contributed by atoms with E-state index in [-0.39, 0.29) is 10.8 Å². The van der Waals surface area contributed by atoms with Gasteiger partial charge in [-0.25, -0.2) is 12.7 Å². The van der Waals surface area contributed by atoms with E-state index in [0.29, 0.717) is 18.7 Å². The van der Waals surface area contributed by atoms with Gasteiger partial charge in [-0.05, 0) is 31.2 Å². The lowest BCUT2D eigenvalue weighted by molar-refractivity contribution is -0.917. The van der Waals surface area contributed by atoms with E-state index in [4.69, 9.17) is 0 Å². The average Bonchev–Trinajstić information content (AvgIpc) is 2.68. The van der Waals surface area contributed by atoms with E-state index in [1.807, 2.05) is 4.90 Å². The number of sulfonamides is 1. The van der Waals surface area contributed by atoms with Crippen molar-refractivity contribution in [2.45, 2.75) is 18.4 Å². The van der Waals surface area contributed by atoms with Crippen molar-refractivity contribution in [2.75, 3.05) is 40.3 Å². The zero-order chi connectivity index (χ0) is 20.3. The van der Waals surface area contributed by atoms with Gasteiger partial charge in [-0.2, -0.15) is 0 Å². The van der Waals surface area contributed by atoms with E-state index >= 15 is 0 Å². The molecule has 150 valence electrons. The van der Waals surface area contributed by atoms with Crippen LogP contribution in [0.4, 0.5) is 0 Å². The number of carbonyl (C=O) groups excluding carboxylic acids is 1. The lowest BCUT2D eigenvalue weighted by Crippen LogP contribution is -3.13. The molecule has 2 aromatic rings. The number of nitrogens with one attached hydrogen (secondary N) is 1. The first-order valence-corrected chi connectivity index (χ1v) is 10.9. The molecule has 28 heavy (non-hydrogen) atoms. The van der Waals surface area contributed by atoms with Crippen LogP contribution in [0.3, 0.4) is 0 Å². The smallest absolute Gasteiger partial charge is 0.254 e. The molecule has 2 aromatic carbocycles. The van der Waals surface area contributed by atoms with Crippen LogP contribution in [0.1, 0.15) is 21.5 Å². The predicted molar refractivity (Wildman–Crippen MR) is 109 cm³/mol. The van der Waals surface area contributed by atoms with Gasteiger partial charge < -0.3 is 9.80 Å². The van der Waals surface area contributed by atoms with Crippen LogP contribution >= 0.6 is 0 Å². The Morgan fingerprint density at radius 3 is 2.29 bits per heavy atom. The van der Waals surface area contributed by atoms with Gasteiger partial charge in [0.15, 0.2) is 0 Å². The Morgan fingerprint density at radius 1 is 1.07 bits per heavy atom. The van der Waals surface area contributed by atoms with Crippen molar-refractivity contribution in [3.8, 4) is 0 Å². The molecule has 0 atom stereocenters. The van der Waals surface area contributed by atoms with Gasteiger partial charge in [0.1, 0.15) is 6.54 Å². The van der Waals surface area contributed by atoms with Crippen molar-refractivity contribution in [3.63, 3.8) is 0 Å². The van der Waals surface area contributed by atoms with Crippen molar-refractivity contribution in [1.82, 2.24) is 9.21 Å². The van der Waals surface area contributed by atoms with Gasteiger partial charge in [-0.15, -0.1) is 0 Å². The molecule has 1 N–H and O–H groups in total. The highest BCUT2D eigenvalue weighted by Gasteiger charge is 2.25. The predicted octanol–water partition coefficient (Wildman–Crippen LogP) is 0.786. The molecule has 1 saturated heterocycles. The van der Waals surface area contributed by atoms with Crippen LogP contribution in [0.5, 0.6) is 0 Å². The fourth-order valence-electron chi connectivity index (χ4n) is 3.48. The monoisotopic (exact) mass is 402 g/mol. The first-order valence-electron chi connectivity index (χ1n) is 9.48. The molecule has 0 spiro atoms. The summed E-state index contributed by atoms with van der Waals surface area (Å²) < 4.78 is 25.5. The van der Waals surface area contributed by atoms with Crippen LogP contribution < -0.4 is 4.90 Å². The Hall–Kier alpha value is -2.22. The molecule has 0 radical (unpaired) electrons. The Bertz CT molecular complexity index is 932. The molecule has 1 amide bonds. The number of piperazine rings is 1. The average molecular weight is 403 g/mol. The summed E-state index contributed by atoms with van der Waals surface area (Å²) in [4.78, 5) is 16.3. The molecular formula is C21H28N3O3S+. The van der Waals surface area contributed by atoms with Gasteiger partial charge in [0.05, 0.1) is 31.1 Å². The number of quaternary nitrogens is 1. The van der Waals surface area contributed by atoms with Crippen molar-refractivity contribution in [1.29, 1.82) is 0 Å². The zero-order valence-electron chi connectivity index (χ0n) is 16.7. The summed E-state index contributed by atoms with van der Waals surface area (Å²) in [6.45, 7) is 6.31. The van der Waals surface area contributed by atoms with Crippen molar-refractivity contribution < 1.29 is 18.1 Å². The number of nitrogens with zero attached hydrogens (tertiary/aromatic N) is 2.